The van der Waals surface area contributed by atoms with E-state index in [9.17, 15) is 9.90 Å². The molecule has 2 heterocycles. The molecule has 0 saturated heterocycles. The molecule has 0 radical (unpaired) electrons. The standard InChI is InChI=1S/C21H24BrIN2O2S/c1-4-21(2,3)10-5-6-12-15(7-10)28-20-16(12)19(27)24-18(25-20)13-8-11(22)9-14(23)17(13)26/h8-10,18,25-26H,4-7H2,1-3H3,(H,24,27). The molecule has 2 aliphatic rings. The molecule has 1 aliphatic heterocycles. The number of thiophene rings is 1. The molecule has 0 spiro atoms. The number of carbonyl (C=O) groups is 1. The minimum absolute atomic E-state index is 0.0427. The van der Waals surface area contributed by atoms with Gasteiger partial charge in [0.05, 0.1) is 9.13 Å². The maximum atomic E-state index is 13.0. The number of nitrogens with one attached hydrogen (secondary N) is 2. The number of phenolic OH excluding ortho intramolecular Hbond substituents is 1. The van der Waals surface area contributed by atoms with Crippen LogP contribution in [-0.4, -0.2) is 11.0 Å². The van der Waals surface area contributed by atoms with Crippen LogP contribution in [0.5, 0.6) is 5.75 Å². The first kappa shape index (κ1) is 20.5. The van der Waals surface area contributed by atoms with Gasteiger partial charge in [-0.2, -0.15) is 0 Å². The Balaban J connectivity index is 1.67. The van der Waals surface area contributed by atoms with Gasteiger partial charge >= 0.3 is 0 Å². The van der Waals surface area contributed by atoms with Crippen LogP contribution >= 0.6 is 49.9 Å². The van der Waals surface area contributed by atoms with E-state index in [0.717, 1.165) is 37.9 Å². The van der Waals surface area contributed by atoms with Crippen molar-refractivity contribution in [1.82, 2.24) is 5.32 Å². The Morgan fingerprint density at radius 3 is 2.82 bits per heavy atom. The summed E-state index contributed by atoms with van der Waals surface area (Å²) in [4.78, 5) is 14.3. The number of hydrogen-bond acceptors (Lipinski definition) is 4. The van der Waals surface area contributed by atoms with E-state index in [1.807, 2.05) is 12.1 Å². The molecule has 150 valence electrons. The van der Waals surface area contributed by atoms with Crippen molar-refractivity contribution < 1.29 is 9.90 Å². The summed E-state index contributed by atoms with van der Waals surface area (Å²) in [6.07, 6.45) is 3.88. The first-order valence-corrected chi connectivity index (χ1v) is 12.3. The first-order chi connectivity index (χ1) is 13.2. The summed E-state index contributed by atoms with van der Waals surface area (Å²) >= 11 is 7.30. The van der Waals surface area contributed by atoms with E-state index in [1.54, 1.807) is 11.3 Å². The summed E-state index contributed by atoms with van der Waals surface area (Å²) < 4.78 is 1.63. The molecule has 1 amide bonds. The highest BCUT2D eigenvalue weighted by molar-refractivity contribution is 14.1. The van der Waals surface area contributed by atoms with Crippen LogP contribution in [0.2, 0.25) is 0 Å². The number of rotatable bonds is 3. The van der Waals surface area contributed by atoms with Crippen LogP contribution in [0.4, 0.5) is 5.00 Å². The minimum atomic E-state index is -0.436. The van der Waals surface area contributed by atoms with Gasteiger partial charge in [0.25, 0.3) is 5.91 Å². The maximum absolute atomic E-state index is 13.0. The van der Waals surface area contributed by atoms with Crippen molar-refractivity contribution in [3.63, 3.8) is 0 Å². The smallest absolute Gasteiger partial charge is 0.256 e. The average molecular weight is 575 g/mol. The SMILES string of the molecule is CCC(C)(C)C1CCc2c(sc3c2C(=O)NC(c2cc(Br)cc(I)c2O)N3)C1. The van der Waals surface area contributed by atoms with Gasteiger partial charge in [-0.3, -0.25) is 4.79 Å². The van der Waals surface area contributed by atoms with Crippen LogP contribution in [0.1, 0.15) is 66.1 Å². The molecule has 1 aromatic carbocycles. The van der Waals surface area contributed by atoms with E-state index in [-0.39, 0.29) is 11.7 Å². The fraction of sp³-hybridized carbons (Fsp3) is 0.476. The van der Waals surface area contributed by atoms with Crippen molar-refractivity contribution in [1.29, 1.82) is 0 Å². The zero-order chi connectivity index (χ0) is 20.2. The molecule has 4 nitrogen and oxygen atoms in total. The normalized spacial score (nSPS) is 21.5. The monoisotopic (exact) mass is 574 g/mol. The van der Waals surface area contributed by atoms with E-state index < -0.39 is 6.17 Å². The third-order valence-electron chi connectivity index (χ3n) is 6.43. The Morgan fingerprint density at radius 1 is 1.36 bits per heavy atom. The molecule has 0 fully saturated rings. The van der Waals surface area contributed by atoms with Crippen molar-refractivity contribution in [3.8, 4) is 5.75 Å². The molecule has 0 saturated carbocycles. The summed E-state index contributed by atoms with van der Waals surface area (Å²) in [7, 11) is 0. The van der Waals surface area contributed by atoms with Crippen LogP contribution < -0.4 is 10.6 Å². The van der Waals surface area contributed by atoms with Gasteiger partial charge in [-0.15, -0.1) is 11.3 Å². The Hall–Kier alpha value is -0.800. The number of carbonyl (C=O) groups excluding carboxylic acids is 1. The van der Waals surface area contributed by atoms with Crippen molar-refractivity contribution in [2.45, 2.75) is 52.6 Å². The third-order valence-corrected chi connectivity index (χ3v) is 8.89. The summed E-state index contributed by atoms with van der Waals surface area (Å²) in [5.41, 5.74) is 3.03. The maximum Gasteiger partial charge on any atom is 0.256 e. The van der Waals surface area contributed by atoms with E-state index in [1.165, 1.54) is 16.9 Å². The summed E-state index contributed by atoms with van der Waals surface area (Å²) in [5.74, 6) is 0.814. The Bertz CT molecular complexity index is 956. The highest BCUT2D eigenvalue weighted by Gasteiger charge is 2.37. The van der Waals surface area contributed by atoms with Gasteiger partial charge in [0.1, 0.15) is 16.9 Å². The Morgan fingerprint density at radius 2 is 2.11 bits per heavy atom. The molecule has 1 aliphatic carbocycles. The predicted octanol–water partition coefficient (Wildman–Crippen LogP) is 6.22. The fourth-order valence-corrected chi connectivity index (χ4v) is 7.12. The first-order valence-electron chi connectivity index (χ1n) is 9.61. The number of hydrogen-bond donors (Lipinski definition) is 3. The van der Waals surface area contributed by atoms with Crippen LogP contribution in [0.15, 0.2) is 16.6 Å². The number of benzene rings is 1. The zero-order valence-electron chi connectivity index (χ0n) is 16.2. The van der Waals surface area contributed by atoms with Crippen LogP contribution in [0.3, 0.4) is 0 Å². The lowest BCUT2D eigenvalue weighted by Gasteiger charge is -2.36. The second-order valence-electron chi connectivity index (χ2n) is 8.37. The van der Waals surface area contributed by atoms with Gasteiger partial charge in [-0.1, -0.05) is 43.1 Å². The van der Waals surface area contributed by atoms with Gasteiger partial charge < -0.3 is 15.7 Å². The van der Waals surface area contributed by atoms with E-state index in [2.05, 4.69) is 69.9 Å². The molecule has 7 heteroatoms. The molecule has 0 bridgehead atoms. The molecule has 2 atom stereocenters. The molecule has 1 aromatic heterocycles. The van der Waals surface area contributed by atoms with Crippen LogP contribution in [-0.2, 0) is 12.8 Å². The van der Waals surface area contributed by atoms with E-state index in [4.69, 9.17) is 0 Å². The average Bonchev–Trinajstić information content (AvgIpc) is 3.02. The van der Waals surface area contributed by atoms with Gasteiger partial charge in [-0.05, 0) is 70.9 Å². The molecule has 2 aromatic rings. The molecular formula is C21H24BrIN2O2S. The lowest BCUT2D eigenvalue weighted by molar-refractivity contribution is 0.0934. The summed E-state index contributed by atoms with van der Waals surface area (Å²) in [6.45, 7) is 6.98. The lowest BCUT2D eigenvalue weighted by Crippen LogP contribution is -2.38. The van der Waals surface area contributed by atoms with Gasteiger partial charge in [0.15, 0.2) is 0 Å². The quantitative estimate of drug-likeness (QED) is 0.382. The fourth-order valence-electron chi connectivity index (χ4n) is 4.22. The largest absolute Gasteiger partial charge is 0.506 e. The highest BCUT2D eigenvalue weighted by Crippen LogP contribution is 2.47. The Labute approximate surface area is 191 Å². The lowest BCUT2D eigenvalue weighted by atomic mass is 9.69. The van der Waals surface area contributed by atoms with Crippen molar-refractivity contribution in [3.05, 3.63) is 41.7 Å². The highest BCUT2D eigenvalue weighted by atomic mass is 127. The molecule has 4 rings (SSSR count). The van der Waals surface area contributed by atoms with Gasteiger partial charge in [0, 0.05) is 14.9 Å². The van der Waals surface area contributed by atoms with Crippen molar-refractivity contribution in [2.75, 3.05) is 5.32 Å². The predicted molar refractivity (Wildman–Crippen MR) is 126 cm³/mol. The Kier molecular flexibility index (Phi) is 5.46. The number of anilines is 1. The van der Waals surface area contributed by atoms with E-state index >= 15 is 0 Å². The van der Waals surface area contributed by atoms with Gasteiger partial charge in [0.2, 0.25) is 0 Å². The second-order valence-corrected chi connectivity index (χ2v) is 11.5. The van der Waals surface area contributed by atoms with Crippen molar-refractivity contribution in [2.24, 2.45) is 11.3 Å². The number of fused-ring (bicyclic) bond motifs is 3. The second kappa shape index (κ2) is 7.47. The number of aromatic hydroxyl groups is 1. The van der Waals surface area contributed by atoms with E-state index in [0.29, 0.717) is 16.9 Å². The van der Waals surface area contributed by atoms with Crippen molar-refractivity contribution >= 4 is 60.8 Å². The van der Waals surface area contributed by atoms with Crippen LogP contribution in [0, 0.1) is 14.9 Å². The minimum Gasteiger partial charge on any atom is -0.506 e. The van der Waals surface area contributed by atoms with Crippen LogP contribution in [0.25, 0.3) is 0 Å². The molecule has 28 heavy (non-hydrogen) atoms. The number of phenols is 1. The topological polar surface area (TPSA) is 61.4 Å². The molecular weight excluding hydrogens is 551 g/mol. The molecule has 3 N–H and O–H groups in total. The third kappa shape index (κ3) is 3.47. The summed E-state index contributed by atoms with van der Waals surface area (Å²) in [6, 6.07) is 3.71. The summed E-state index contributed by atoms with van der Waals surface area (Å²) in [5, 5.41) is 18.0. The van der Waals surface area contributed by atoms with Gasteiger partial charge in [-0.25, -0.2) is 0 Å². The number of amides is 1. The zero-order valence-corrected chi connectivity index (χ0v) is 20.7. The number of halogens is 2. The molecule has 2 unspecified atom stereocenters.